The SMILES string of the molecule is [Co].[H-].[Li+].[Ni].[O]=[Mn]=[O]. The van der Waals surface area contributed by atoms with Gasteiger partial charge < -0.3 is 1.43 Å². The Kier molecular flexibility index (Phi) is 125. The quantitative estimate of drug-likeness (QED) is 0.398. The molecule has 0 amide bonds. The molecule has 0 aliphatic carbocycles. The second-order valence-corrected chi connectivity index (χ2v) is 0.260. The average Bonchev–Trinajstić information content (AvgIpc) is 0.918. The summed E-state index contributed by atoms with van der Waals surface area (Å²) in [5.74, 6) is 0. The number of hydrogen-bond acceptors (Lipinski definition) is 2. The Morgan fingerprint density at radius 1 is 1.33 bits per heavy atom. The third-order valence-corrected chi connectivity index (χ3v) is 0. The van der Waals surface area contributed by atoms with Crippen LogP contribution in [0, 0.1) is 0 Å². The van der Waals surface area contributed by atoms with Crippen molar-refractivity contribution in [3.8, 4) is 0 Å². The summed E-state index contributed by atoms with van der Waals surface area (Å²) in [6.45, 7) is 0. The first kappa shape index (κ1) is 25.2. The van der Waals surface area contributed by atoms with E-state index in [0.717, 1.165) is 0 Å². The molecule has 0 aromatic rings. The fraction of sp³-hybridized carbons (Fsp3) is 0. The molecular formula is HCoLiMnNiO2. The van der Waals surface area contributed by atoms with Crippen LogP contribution in [0.2, 0.25) is 0 Å². The van der Waals surface area contributed by atoms with Gasteiger partial charge in [-0.2, -0.15) is 0 Å². The fourth-order valence-electron chi connectivity index (χ4n) is 0. The fourth-order valence-corrected chi connectivity index (χ4v) is 0. The Bertz CT molecular complexity index is 38.7. The van der Waals surface area contributed by atoms with Gasteiger partial charge in [0.25, 0.3) is 0 Å². The van der Waals surface area contributed by atoms with E-state index < -0.39 is 14.8 Å². The molecule has 0 saturated heterocycles. The van der Waals surface area contributed by atoms with Crippen LogP contribution in [-0.2, 0) is 55.8 Å². The van der Waals surface area contributed by atoms with Gasteiger partial charge >= 0.3 is 41.4 Å². The second-order valence-electron chi connectivity index (χ2n) is 0.0630. The van der Waals surface area contributed by atoms with Gasteiger partial charge in [0, 0.05) is 33.3 Å². The van der Waals surface area contributed by atoms with Crippen molar-refractivity contribution in [1.82, 2.24) is 0 Å². The summed E-state index contributed by atoms with van der Waals surface area (Å²) >= 11 is -1.44. The molecule has 0 aromatic carbocycles. The third-order valence-electron chi connectivity index (χ3n) is 0. The van der Waals surface area contributed by atoms with Crippen molar-refractivity contribution in [1.29, 1.82) is 0 Å². The molecule has 0 bridgehead atoms. The molecule has 1 radical (unpaired) electrons. The summed E-state index contributed by atoms with van der Waals surface area (Å²) in [6.07, 6.45) is 0. The van der Waals surface area contributed by atoms with E-state index in [9.17, 15) is 0 Å². The molecule has 0 saturated carbocycles. The van der Waals surface area contributed by atoms with E-state index >= 15 is 0 Å². The molecule has 6 heavy (non-hydrogen) atoms. The van der Waals surface area contributed by atoms with Gasteiger partial charge in [-0.3, -0.25) is 0 Å². The summed E-state index contributed by atoms with van der Waals surface area (Å²) in [4.78, 5) is 0. The predicted octanol–water partition coefficient (Wildman–Crippen LogP) is -3.13. The first-order valence-corrected chi connectivity index (χ1v) is 1.27. The van der Waals surface area contributed by atoms with Gasteiger partial charge in [0.2, 0.25) is 0 Å². The number of hydrogen-bond donors (Lipinski definition) is 0. The average molecular weight is 213 g/mol. The van der Waals surface area contributed by atoms with Crippen LogP contribution in [0.1, 0.15) is 1.43 Å². The Labute approximate surface area is 75.5 Å². The molecule has 0 spiro atoms. The zero-order valence-electron chi connectivity index (χ0n) is 3.84. The first-order chi connectivity index (χ1) is 1.41. The standard InChI is InChI=1S/Co.Li.Mn.Ni.2O.H/q;+1;;;;;-1. The van der Waals surface area contributed by atoms with Gasteiger partial charge in [0.15, 0.2) is 0 Å². The molecule has 0 aliphatic rings. The van der Waals surface area contributed by atoms with E-state index in [-0.39, 0.29) is 53.6 Å². The monoisotopic (exact) mass is 212 g/mol. The van der Waals surface area contributed by atoms with E-state index in [2.05, 4.69) is 0 Å². The molecule has 0 fully saturated rings. The molecule has 0 N–H and O–H groups in total. The van der Waals surface area contributed by atoms with Gasteiger partial charge in [-0.15, -0.1) is 0 Å². The Morgan fingerprint density at radius 2 is 1.33 bits per heavy atom. The molecule has 0 atom stereocenters. The zero-order chi connectivity index (χ0) is 2.71. The maximum atomic E-state index is 8.41. The van der Waals surface area contributed by atoms with Crippen molar-refractivity contribution in [2.75, 3.05) is 0 Å². The molecule has 0 aliphatic heterocycles. The normalized spacial score (nSPS) is 2.00. The van der Waals surface area contributed by atoms with Gasteiger partial charge in [0.05, 0.1) is 0 Å². The minimum absolute atomic E-state index is 0. The molecular weight excluding hydrogens is 212 g/mol. The van der Waals surface area contributed by atoms with E-state index in [1.807, 2.05) is 0 Å². The van der Waals surface area contributed by atoms with Gasteiger partial charge in [-0.05, 0) is 0 Å². The summed E-state index contributed by atoms with van der Waals surface area (Å²) in [5, 5.41) is 0. The first-order valence-electron chi connectivity index (χ1n) is 0.309. The van der Waals surface area contributed by atoms with Crippen LogP contribution in [0.3, 0.4) is 0 Å². The van der Waals surface area contributed by atoms with Crippen molar-refractivity contribution in [3.63, 3.8) is 0 Å². The summed E-state index contributed by atoms with van der Waals surface area (Å²) in [5.41, 5.74) is 0. The van der Waals surface area contributed by atoms with Gasteiger partial charge in [-0.1, -0.05) is 0 Å². The van der Waals surface area contributed by atoms with Crippen LogP contribution < -0.4 is 18.9 Å². The van der Waals surface area contributed by atoms with Crippen molar-refractivity contribution < 1.29 is 76.0 Å². The zero-order valence-corrected chi connectivity index (χ0v) is 6.05. The molecule has 2 nitrogen and oxygen atoms in total. The molecule has 0 rings (SSSR count). The topological polar surface area (TPSA) is 34.1 Å². The van der Waals surface area contributed by atoms with Crippen LogP contribution in [0.25, 0.3) is 0 Å². The van der Waals surface area contributed by atoms with E-state index in [1.165, 1.54) is 0 Å². The molecule has 6 heteroatoms. The van der Waals surface area contributed by atoms with Crippen molar-refractivity contribution in [2.45, 2.75) is 0 Å². The van der Waals surface area contributed by atoms with E-state index in [1.54, 1.807) is 0 Å². The Hall–Kier alpha value is 1.72. The predicted molar refractivity (Wildman–Crippen MR) is 2.49 cm³/mol. The Balaban J connectivity index is -0.00000000333. The molecule has 0 unspecified atom stereocenters. The van der Waals surface area contributed by atoms with Crippen LogP contribution >= 0.6 is 0 Å². The summed E-state index contributed by atoms with van der Waals surface area (Å²) in [6, 6.07) is 0. The van der Waals surface area contributed by atoms with Gasteiger partial charge in [0.1, 0.15) is 0 Å². The van der Waals surface area contributed by atoms with E-state index in [0.29, 0.717) is 0 Å². The van der Waals surface area contributed by atoms with Gasteiger partial charge in [-0.25, -0.2) is 0 Å². The maximum absolute atomic E-state index is 8.41. The molecule has 40 valence electrons. The van der Waals surface area contributed by atoms with Crippen LogP contribution in [0.5, 0.6) is 0 Å². The van der Waals surface area contributed by atoms with Crippen LogP contribution in [0.15, 0.2) is 0 Å². The number of rotatable bonds is 0. The van der Waals surface area contributed by atoms with Crippen LogP contribution in [0.4, 0.5) is 0 Å². The van der Waals surface area contributed by atoms with Crippen molar-refractivity contribution >= 4 is 0 Å². The second kappa shape index (κ2) is 29.7. The van der Waals surface area contributed by atoms with Crippen LogP contribution in [-0.4, -0.2) is 0 Å². The molecule has 0 heterocycles. The minimum atomic E-state index is -1.44. The Morgan fingerprint density at radius 3 is 1.33 bits per heavy atom. The molecule has 0 aromatic heterocycles. The van der Waals surface area contributed by atoms with E-state index in [4.69, 9.17) is 7.67 Å². The summed E-state index contributed by atoms with van der Waals surface area (Å²) < 4.78 is 16.8. The third kappa shape index (κ3) is 43.2. The van der Waals surface area contributed by atoms with Crippen molar-refractivity contribution in [3.05, 3.63) is 0 Å². The summed E-state index contributed by atoms with van der Waals surface area (Å²) in [7, 11) is 0. The van der Waals surface area contributed by atoms with Crippen molar-refractivity contribution in [2.24, 2.45) is 0 Å².